The number of anilines is 2. The Morgan fingerprint density at radius 2 is 1.90 bits per heavy atom. The van der Waals surface area contributed by atoms with Crippen LogP contribution in [0.2, 0.25) is 5.02 Å². The summed E-state index contributed by atoms with van der Waals surface area (Å²) in [5.41, 5.74) is 8.14. The molecule has 0 amide bonds. The lowest BCUT2D eigenvalue weighted by molar-refractivity contribution is 0.210. The fraction of sp³-hybridized carbons (Fsp3) is 0.150. The molecule has 0 atom stereocenters. The van der Waals surface area contributed by atoms with Crippen LogP contribution in [0.1, 0.15) is 0 Å². The summed E-state index contributed by atoms with van der Waals surface area (Å²) < 4.78 is 21.2. The van der Waals surface area contributed by atoms with Crippen molar-refractivity contribution >= 4 is 34.4 Å². The lowest BCUT2D eigenvalue weighted by Gasteiger charge is -2.09. The minimum atomic E-state index is -0.408. The third kappa shape index (κ3) is 3.72. The molecular formula is C20H18ClFN6O. The van der Waals surface area contributed by atoms with Crippen LogP contribution in [-0.4, -0.2) is 40.0 Å². The zero-order valence-corrected chi connectivity index (χ0v) is 16.3. The summed E-state index contributed by atoms with van der Waals surface area (Å²) in [6, 6.07) is 13.4. The summed E-state index contributed by atoms with van der Waals surface area (Å²) in [4.78, 5) is 8.96. The summed E-state index contributed by atoms with van der Waals surface area (Å²) in [7, 11) is 1.60. The van der Waals surface area contributed by atoms with Crippen molar-refractivity contribution in [3.05, 3.63) is 59.4 Å². The Morgan fingerprint density at radius 3 is 2.62 bits per heavy atom. The maximum atomic E-state index is 14.6. The van der Waals surface area contributed by atoms with E-state index < -0.39 is 5.82 Å². The second kappa shape index (κ2) is 8.02. The molecule has 2 aromatic carbocycles. The number of hydrogen-bond donors (Lipinski definition) is 2. The fourth-order valence-corrected chi connectivity index (χ4v) is 3.11. The Bertz CT molecular complexity index is 1160. The zero-order valence-electron chi connectivity index (χ0n) is 15.6. The van der Waals surface area contributed by atoms with Gasteiger partial charge in [-0.3, -0.25) is 0 Å². The maximum absolute atomic E-state index is 14.6. The second-order valence-corrected chi connectivity index (χ2v) is 6.70. The number of ether oxygens (including phenoxy) is 1. The molecule has 148 valence electrons. The van der Waals surface area contributed by atoms with Gasteiger partial charge in [0, 0.05) is 24.2 Å². The molecule has 0 aliphatic heterocycles. The van der Waals surface area contributed by atoms with Gasteiger partial charge in [-0.1, -0.05) is 23.7 Å². The smallest absolute Gasteiger partial charge is 0.225 e. The number of halogens is 2. The number of methoxy groups -OCH3 is 1. The van der Waals surface area contributed by atoms with Gasteiger partial charge in [0.05, 0.1) is 23.4 Å². The van der Waals surface area contributed by atoms with Gasteiger partial charge in [0.1, 0.15) is 11.6 Å². The number of nitrogens with one attached hydrogen (secondary N) is 1. The highest BCUT2D eigenvalue weighted by atomic mass is 35.5. The van der Waals surface area contributed by atoms with Crippen molar-refractivity contribution in [3.8, 4) is 16.9 Å². The predicted molar refractivity (Wildman–Crippen MR) is 112 cm³/mol. The van der Waals surface area contributed by atoms with Gasteiger partial charge in [-0.2, -0.15) is 4.98 Å². The Balaban J connectivity index is 1.92. The number of hydrogen-bond acceptors (Lipinski definition) is 6. The number of rotatable bonds is 6. The van der Waals surface area contributed by atoms with Crippen LogP contribution in [0.15, 0.2) is 48.5 Å². The van der Waals surface area contributed by atoms with Crippen molar-refractivity contribution in [2.75, 3.05) is 31.3 Å². The van der Waals surface area contributed by atoms with Gasteiger partial charge in [0.15, 0.2) is 5.65 Å². The van der Waals surface area contributed by atoms with Crippen LogP contribution >= 0.6 is 11.6 Å². The summed E-state index contributed by atoms with van der Waals surface area (Å²) in [5, 5.41) is 8.66. The summed E-state index contributed by atoms with van der Waals surface area (Å²) in [5.74, 6) is 0.214. The predicted octanol–water partition coefficient (Wildman–Crippen LogP) is 3.92. The highest BCUT2D eigenvalue weighted by molar-refractivity contribution is 6.30. The fourth-order valence-electron chi connectivity index (χ4n) is 2.98. The van der Waals surface area contributed by atoms with E-state index in [-0.39, 0.29) is 0 Å². The number of aromatic nitrogens is 4. The monoisotopic (exact) mass is 412 g/mol. The lowest BCUT2D eigenvalue weighted by Crippen LogP contribution is -2.11. The highest BCUT2D eigenvalue weighted by Gasteiger charge is 2.20. The summed E-state index contributed by atoms with van der Waals surface area (Å²) in [6.07, 6.45) is 0. The summed E-state index contributed by atoms with van der Waals surface area (Å²) >= 11 is 5.98. The van der Waals surface area contributed by atoms with E-state index in [1.54, 1.807) is 54.3 Å². The Hall–Kier alpha value is -3.23. The Labute approximate surface area is 171 Å². The van der Waals surface area contributed by atoms with Gasteiger partial charge < -0.3 is 15.8 Å². The van der Waals surface area contributed by atoms with Crippen LogP contribution in [0.3, 0.4) is 0 Å². The first-order chi connectivity index (χ1) is 14.1. The molecule has 0 aliphatic carbocycles. The van der Waals surface area contributed by atoms with Crippen molar-refractivity contribution in [3.63, 3.8) is 0 Å². The minimum Gasteiger partial charge on any atom is -0.383 e. The van der Waals surface area contributed by atoms with E-state index in [9.17, 15) is 4.39 Å². The van der Waals surface area contributed by atoms with E-state index in [0.29, 0.717) is 57.9 Å². The molecule has 29 heavy (non-hydrogen) atoms. The number of fused-ring (bicyclic) bond motifs is 1. The van der Waals surface area contributed by atoms with Crippen molar-refractivity contribution in [2.24, 2.45) is 0 Å². The standard InChI is InChI=1S/C20H18ClFN6O/c1-29-11-10-24-20-25-17(14-4-2-3-5-15(14)22)16-18(23)28(27-19(16)26-20)13-8-6-12(21)7-9-13/h2-9H,10-11,23H2,1H3,(H,24,26,27). The first kappa shape index (κ1) is 19.1. The lowest BCUT2D eigenvalue weighted by atomic mass is 10.1. The van der Waals surface area contributed by atoms with Crippen LogP contribution in [-0.2, 0) is 4.74 Å². The zero-order chi connectivity index (χ0) is 20.4. The SMILES string of the molecule is COCCNc1nc(-c2ccccc2F)c2c(N)n(-c3ccc(Cl)cc3)nc2n1. The molecule has 0 unspecified atom stereocenters. The van der Waals surface area contributed by atoms with Gasteiger partial charge in [-0.05, 0) is 36.4 Å². The molecule has 0 aliphatic rings. The molecule has 3 N–H and O–H groups in total. The van der Waals surface area contributed by atoms with Crippen LogP contribution < -0.4 is 11.1 Å². The molecule has 2 heterocycles. The molecular weight excluding hydrogens is 395 g/mol. The topological polar surface area (TPSA) is 90.9 Å². The van der Waals surface area contributed by atoms with E-state index in [4.69, 9.17) is 22.1 Å². The van der Waals surface area contributed by atoms with Gasteiger partial charge in [0.2, 0.25) is 5.95 Å². The number of nitrogens with two attached hydrogens (primary N) is 1. The van der Waals surface area contributed by atoms with E-state index in [2.05, 4.69) is 20.4 Å². The molecule has 4 rings (SSSR count). The molecule has 9 heteroatoms. The van der Waals surface area contributed by atoms with E-state index >= 15 is 0 Å². The van der Waals surface area contributed by atoms with Crippen molar-refractivity contribution in [1.82, 2.24) is 19.7 Å². The number of benzene rings is 2. The average molecular weight is 413 g/mol. The number of nitrogens with zero attached hydrogens (tertiary/aromatic N) is 4. The molecule has 0 fully saturated rings. The van der Waals surface area contributed by atoms with Crippen LogP contribution in [0.4, 0.5) is 16.2 Å². The quantitative estimate of drug-likeness (QED) is 0.466. The van der Waals surface area contributed by atoms with Crippen molar-refractivity contribution < 1.29 is 9.13 Å². The summed E-state index contributed by atoms with van der Waals surface area (Å²) in [6.45, 7) is 0.962. The van der Waals surface area contributed by atoms with E-state index in [1.807, 2.05) is 0 Å². The second-order valence-electron chi connectivity index (χ2n) is 6.27. The molecule has 0 radical (unpaired) electrons. The van der Waals surface area contributed by atoms with Crippen molar-refractivity contribution in [1.29, 1.82) is 0 Å². The molecule has 0 spiro atoms. The highest BCUT2D eigenvalue weighted by Crippen LogP contribution is 2.34. The molecule has 0 bridgehead atoms. The molecule has 4 aromatic rings. The Kier molecular flexibility index (Phi) is 5.28. The first-order valence-electron chi connectivity index (χ1n) is 8.88. The van der Waals surface area contributed by atoms with Gasteiger partial charge >= 0.3 is 0 Å². The van der Waals surface area contributed by atoms with Gasteiger partial charge in [0.25, 0.3) is 0 Å². The third-order valence-corrected chi connectivity index (χ3v) is 4.61. The normalized spacial score (nSPS) is 11.1. The maximum Gasteiger partial charge on any atom is 0.225 e. The molecule has 0 saturated carbocycles. The molecule has 7 nitrogen and oxygen atoms in total. The first-order valence-corrected chi connectivity index (χ1v) is 9.26. The third-order valence-electron chi connectivity index (χ3n) is 4.36. The van der Waals surface area contributed by atoms with Crippen molar-refractivity contribution in [2.45, 2.75) is 0 Å². The van der Waals surface area contributed by atoms with Crippen LogP contribution in [0.25, 0.3) is 28.0 Å². The molecule has 2 aromatic heterocycles. The average Bonchev–Trinajstić information content (AvgIpc) is 3.05. The Morgan fingerprint density at radius 1 is 1.14 bits per heavy atom. The van der Waals surface area contributed by atoms with Crippen LogP contribution in [0.5, 0.6) is 0 Å². The van der Waals surface area contributed by atoms with Gasteiger partial charge in [-0.15, -0.1) is 5.10 Å². The van der Waals surface area contributed by atoms with Gasteiger partial charge in [-0.25, -0.2) is 14.1 Å². The van der Waals surface area contributed by atoms with E-state index in [0.717, 1.165) is 0 Å². The van der Waals surface area contributed by atoms with E-state index in [1.165, 1.54) is 6.07 Å². The largest absolute Gasteiger partial charge is 0.383 e. The minimum absolute atomic E-state index is 0.309. The number of nitrogen functional groups attached to an aromatic ring is 1. The van der Waals surface area contributed by atoms with Crippen LogP contribution in [0, 0.1) is 5.82 Å². The molecule has 0 saturated heterocycles.